The average Bonchev–Trinajstić information content (AvgIpc) is 2.49. The molecule has 0 saturated carbocycles. The summed E-state index contributed by atoms with van der Waals surface area (Å²) in [6.45, 7) is 13.2. The number of hydrogen-bond acceptors (Lipinski definition) is 3. The standard InChI is InChI=1S/C14H24N2O/c1-10-8-15-5-6-16(9-10)12(3)14-7-11(2)17-13(14)4/h7,10,12,15H,5-6,8-9H2,1-4H3. The quantitative estimate of drug-likeness (QED) is 0.855. The van der Waals surface area contributed by atoms with Gasteiger partial charge in [-0.05, 0) is 39.3 Å². The van der Waals surface area contributed by atoms with Crippen molar-refractivity contribution >= 4 is 0 Å². The predicted molar refractivity (Wildman–Crippen MR) is 70.2 cm³/mol. The van der Waals surface area contributed by atoms with E-state index in [0.29, 0.717) is 12.0 Å². The van der Waals surface area contributed by atoms with Gasteiger partial charge in [-0.3, -0.25) is 4.90 Å². The van der Waals surface area contributed by atoms with E-state index in [-0.39, 0.29) is 0 Å². The van der Waals surface area contributed by atoms with Crippen LogP contribution >= 0.6 is 0 Å². The van der Waals surface area contributed by atoms with Gasteiger partial charge in [0.05, 0.1) is 0 Å². The van der Waals surface area contributed by atoms with Gasteiger partial charge in [-0.15, -0.1) is 0 Å². The van der Waals surface area contributed by atoms with Crippen LogP contribution in [0.5, 0.6) is 0 Å². The molecule has 96 valence electrons. The van der Waals surface area contributed by atoms with E-state index >= 15 is 0 Å². The Labute approximate surface area is 104 Å². The number of rotatable bonds is 2. The zero-order valence-corrected chi connectivity index (χ0v) is 11.4. The Morgan fingerprint density at radius 2 is 2.24 bits per heavy atom. The van der Waals surface area contributed by atoms with E-state index in [1.165, 1.54) is 5.56 Å². The molecule has 17 heavy (non-hydrogen) atoms. The summed E-state index contributed by atoms with van der Waals surface area (Å²) in [5.41, 5.74) is 1.34. The molecular formula is C14H24N2O. The molecule has 0 spiro atoms. The van der Waals surface area contributed by atoms with Crippen molar-refractivity contribution < 1.29 is 4.42 Å². The molecule has 1 aliphatic heterocycles. The highest BCUT2D eigenvalue weighted by molar-refractivity contribution is 5.23. The SMILES string of the molecule is Cc1cc(C(C)N2CCNCC(C)C2)c(C)o1. The third-order valence-corrected chi connectivity index (χ3v) is 3.69. The fourth-order valence-electron chi connectivity index (χ4n) is 2.74. The highest BCUT2D eigenvalue weighted by Crippen LogP contribution is 2.27. The number of aryl methyl sites for hydroxylation is 2. The second-order valence-corrected chi connectivity index (χ2v) is 5.35. The molecule has 1 aromatic rings. The van der Waals surface area contributed by atoms with Crippen molar-refractivity contribution in [3.8, 4) is 0 Å². The molecule has 2 rings (SSSR count). The Hall–Kier alpha value is -0.800. The molecule has 1 fully saturated rings. The summed E-state index contributed by atoms with van der Waals surface area (Å²) >= 11 is 0. The fraction of sp³-hybridized carbons (Fsp3) is 0.714. The van der Waals surface area contributed by atoms with Gasteiger partial charge in [-0.2, -0.15) is 0 Å². The van der Waals surface area contributed by atoms with E-state index in [2.05, 4.69) is 37.1 Å². The van der Waals surface area contributed by atoms with Crippen LogP contribution in [0.4, 0.5) is 0 Å². The second kappa shape index (κ2) is 5.23. The Balaban J connectivity index is 2.12. The van der Waals surface area contributed by atoms with E-state index < -0.39 is 0 Å². The van der Waals surface area contributed by atoms with Crippen molar-refractivity contribution in [2.75, 3.05) is 26.2 Å². The van der Waals surface area contributed by atoms with Crippen molar-refractivity contribution in [3.05, 3.63) is 23.2 Å². The maximum Gasteiger partial charge on any atom is 0.105 e. The third-order valence-electron chi connectivity index (χ3n) is 3.69. The first kappa shape index (κ1) is 12.7. The Kier molecular flexibility index (Phi) is 3.89. The van der Waals surface area contributed by atoms with Gasteiger partial charge in [0.2, 0.25) is 0 Å². The van der Waals surface area contributed by atoms with Crippen LogP contribution in [-0.2, 0) is 0 Å². The van der Waals surface area contributed by atoms with Crippen LogP contribution in [0, 0.1) is 19.8 Å². The first-order chi connectivity index (χ1) is 8.08. The van der Waals surface area contributed by atoms with E-state index in [9.17, 15) is 0 Å². The van der Waals surface area contributed by atoms with E-state index in [0.717, 1.165) is 37.7 Å². The average molecular weight is 236 g/mol. The van der Waals surface area contributed by atoms with Crippen molar-refractivity contribution in [3.63, 3.8) is 0 Å². The summed E-state index contributed by atoms with van der Waals surface area (Å²) in [4.78, 5) is 2.56. The zero-order chi connectivity index (χ0) is 12.4. The molecule has 0 radical (unpaired) electrons. The molecule has 1 saturated heterocycles. The molecule has 0 aromatic carbocycles. The molecule has 1 N–H and O–H groups in total. The van der Waals surface area contributed by atoms with Crippen molar-refractivity contribution in [1.29, 1.82) is 0 Å². The monoisotopic (exact) mass is 236 g/mol. The van der Waals surface area contributed by atoms with Gasteiger partial charge >= 0.3 is 0 Å². The molecule has 3 heteroatoms. The van der Waals surface area contributed by atoms with Gasteiger partial charge in [0.1, 0.15) is 11.5 Å². The van der Waals surface area contributed by atoms with Crippen molar-refractivity contribution in [2.45, 2.75) is 33.7 Å². The second-order valence-electron chi connectivity index (χ2n) is 5.35. The van der Waals surface area contributed by atoms with Gasteiger partial charge < -0.3 is 9.73 Å². The first-order valence-corrected chi connectivity index (χ1v) is 6.59. The lowest BCUT2D eigenvalue weighted by atomic mass is 10.1. The van der Waals surface area contributed by atoms with Gasteiger partial charge in [0, 0.05) is 31.2 Å². The lowest BCUT2D eigenvalue weighted by Gasteiger charge is -2.28. The van der Waals surface area contributed by atoms with E-state index in [1.807, 2.05) is 6.92 Å². The Morgan fingerprint density at radius 3 is 2.88 bits per heavy atom. The van der Waals surface area contributed by atoms with Crippen molar-refractivity contribution in [1.82, 2.24) is 10.2 Å². The molecule has 0 aliphatic carbocycles. The topological polar surface area (TPSA) is 28.4 Å². The van der Waals surface area contributed by atoms with Crippen LogP contribution in [0.2, 0.25) is 0 Å². The minimum absolute atomic E-state index is 0.454. The van der Waals surface area contributed by atoms with Crippen molar-refractivity contribution in [2.24, 2.45) is 5.92 Å². The fourth-order valence-corrected chi connectivity index (χ4v) is 2.74. The zero-order valence-electron chi connectivity index (χ0n) is 11.4. The Morgan fingerprint density at radius 1 is 1.47 bits per heavy atom. The molecule has 0 amide bonds. The van der Waals surface area contributed by atoms with Gasteiger partial charge in [-0.1, -0.05) is 6.92 Å². The highest BCUT2D eigenvalue weighted by Gasteiger charge is 2.22. The predicted octanol–water partition coefficient (Wildman–Crippen LogP) is 2.50. The normalized spacial score (nSPS) is 24.6. The molecule has 0 bridgehead atoms. The number of nitrogens with one attached hydrogen (secondary N) is 1. The number of hydrogen-bond donors (Lipinski definition) is 1. The van der Waals surface area contributed by atoms with Crippen LogP contribution in [0.15, 0.2) is 10.5 Å². The van der Waals surface area contributed by atoms with Gasteiger partial charge in [0.25, 0.3) is 0 Å². The molecule has 1 aliphatic rings. The summed E-state index contributed by atoms with van der Waals surface area (Å²) in [6, 6.07) is 2.64. The maximum atomic E-state index is 5.64. The van der Waals surface area contributed by atoms with Crippen LogP contribution in [0.25, 0.3) is 0 Å². The number of furan rings is 1. The lowest BCUT2D eigenvalue weighted by molar-refractivity contribution is 0.202. The minimum Gasteiger partial charge on any atom is -0.466 e. The molecule has 3 nitrogen and oxygen atoms in total. The molecular weight excluding hydrogens is 212 g/mol. The summed E-state index contributed by atoms with van der Waals surface area (Å²) in [5, 5.41) is 3.49. The van der Waals surface area contributed by atoms with Crippen LogP contribution in [0.1, 0.15) is 37.0 Å². The largest absolute Gasteiger partial charge is 0.466 e. The van der Waals surface area contributed by atoms with Crippen LogP contribution in [0.3, 0.4) is 0 Å². The lowest BCUT2D eigenvalue weighted by Crippen LogP contribution is -2.32. The first-order valence-electron chi connectivity index (χ1n) is 6.59. The Bertz CT molecular complexity index is 372. The summed E-state index contributed by atoms with van der Waals surface area (Å²) < 4.78 is 5.64. The smallest absolute Gasteiger partial charge is 0.105 e. The minimum atomic E-state index is 0.454. The molecule has 1 aromatic heterocycles. The third kappa shape index (κ3) is 2.90. The van der Waals surface area contributed by atoms with Crippen LogP contribution < -0.4 is 5.32 Å². The number of nitrogens with zero attached hydrogens (tertiary/aromatic N) is 1. The van der Waals surface area contributed by atoms with E-state index in [1.54, 1.807) is 0 Å². The van der Waals surface area contributed by atoms with Gasteiger partial charge in [0.15, 0.2) is 0 Å². The van der Waals surface area contributed by atoms with E-state index in [4.69, 9.17) is 4.42 Å². The highest BCUT2D eigenvalue weighted by atomic mass is 16.3. The maximum absolute atomic E-state index is 5.64. The van der Waals surface area contributed by atoms with Crippen LogP contribution in [-0.4, -0.2) is 31.1 Å². The summed E-state index contributed by atoms with van der Waals surface area (Å²) in [6.07, 6.45) is 0. The summed E-state index contributed by atoms with van der Waals surface area (Å²) in [5.74, 6) is 2.80. The summed E-state index contributed by atoms with van der Waals surface area (Å²) in [7, 11) is 0. The molecule has 2 heterocycles. The van der Waals surface area contributed by atoms with Gasteiger partial charge in [-0.25, -0.2) is 0 Å². The molecule has 2 atom stereocenters. The molecule has 2 unspecified atom stereocenters.